The average molecular weight is 330 g/mol. The van der Waals surface area contributed by atoms with Gasteiger partial charge < -0.3 is 15.2 Å². The van der Waals surface area contributed by atoms with Crippen LogP contribution in [-0.4, -0.2) is 40.6 Å². The van der Waals surface area contributed by atoms with Crippen LogP contribution in [0.5, 0.6) is 5.75 Å². The zero-order valence-corrected chi connectivity index (χ0v) is 13.1. The number of aryl methyl sites for hydroxylation is 1. The molecule has 2 N–H and O–H groups in total. The molecular formula is C14H16ClNO4S. The molecule has 1 heterocycles. The number of hydrogen-bond donors (Lipinski definition) is 2. The number of benzene rings is 1. The summed E-state index contributed by atoms with van der Waals surface area (Å²) in [6.45, 7) is 1.63. The molecule has 1 aliphatic rings. The number of aliphatic carboxylic acids is 1. The highest BCUT2D eigenvalue weighted by Crippen LogP contribution is 2.28. The van der Waals surface area contributed by atoms with Crippen LogP contribution in [0.2, 0.25) is 5.02 Å². The highest BCUT2D eigenvalue weighted by Gasteiger charge is 2.43. The van der Waals surface area contributed by atoms with Crippen molar-refractivity contribution in [2.24, 2.45) is 0 Å². The zero-order valence-electron chi connectivity index (χ0n) is 11.5. The van der Waals surface area contributed by atoms with E-state index in [0.717, 1.165) is 11.3 Å². The van der Waals surface area contributed by atoms with Crippen LogP contribution in [0.25, 0.3) is 0 Å². The zero-order chi connectivity index (χ0) is 15.5. The fraction of sp³-hybridized carbons (Fsp3) is 0.429. The molecule has 0 spiro atoms. The van der Waals surface area contributed by atoms with Crippen LogP contribution in [0.4, 0.5) is 0 Å². The molecule has 7 heteroatoms. The maximum atomic E-state index is 11.9. The van der Waals surface area contributed by atoms with Crippen molar-refractivity contribution in [1.29, 1.82) is 0 Å². The van der Waals surface area contributed by atoms with Crippen molar-refractivity contribution in [3.05, 3.63) is 28.8 Å². The van der Waals surface area contributed by atoms with Crippen LogP contribution in [0.15, 0.2) is 18.2 Å². The minimum absolute atomic E-state index is 0.261. The summed E-state index contributed by atoms with van der Waals surface area (Å²) >= 11 is 7.49. The summed E-state index contributed by atoms with van der Waals surface area (Å²) in [6, 6.07) is 5.26. The van der Waals surface area contributed by atoms with E-state index in [1.165, 1.54) is 11.8 Å². The molecule has 5 nitrogen and oxygen atoms in total. The molecule has 0 saturated carbocycles. The fourth-order valence-electron chi connectivity index (χ4n) is 2.05. The summed E-state index contributed by atoms with van der Waals surface area (Å²) in [5, 5.41) is 12.3. The summed E-state index contributed by atoms with van der Waals surface area (Å²) in [5.41, 5.74) is -0.217. The Balaban J connectivity index is 1.96. The van der Waals surface area contributed by atoms with E-state index in [4.69, 9.17) is 16.3 Å². The molecule has 114 valence electrons. The van der Waals surface area contributed by atoms with Gasteiger partial charge in [-0.2, -0.15) is 11.8 Å². The van der Waals surface area contributed by atoms with Gasteiger partial charge in [-0.1, -0.05) is 17.7 Å². The van der Waals surface area contributed by atoms with Crippen LogP contribution in [0, 0.1) is 6.92 Å². The van der Waals surface area contributed by atoms with E-state index in [1.807, 2.05) is 13.0 Å². The van der Waals surface area contributed by atoms with Gasteiger partial charge in [0.25, 0.3) is 5.91 Å². The fourth-order valence-corrected chi connectivity index (χ4v) is 3.55. The van der Waals surface area contributed by atoms with Gasteiger partial charge in [-0.25, -0.2) is 4.79 Å². The average Bonchev–Trinajstić information content (AvgIpc) is 2.89. The molecule has 0 radical (unpaired) electrons. The van der Waals surface area contributed by atoms with Crippen molar-refractivity contribution in [3.8, 4) is 5.75 Å². The number of amides is 1. The Morgan fingerprint density at radius 3 is 2.90 bits per heavy atom. The summed E-state index contributed by atoms with van der Waals surface area (Å²) < 4.78 is 5.37. The molecule has 1 aromatic rings. The van der Waals surface area contributed by atoms with Crippen molar-refractivity contribution < 1.29 is 19.4 Å². The first-order valence-corrected chi connectivity index (χ1v) is 7.97. The lowest BCUT2D eigenvalue weighted by Crippen LogP contribution is -2.55. The third-order valence-electron chi connectivity index (χ3n) is 3.26. The van der Waals surface area contributed by atoms with Crippen molar-refractivity contribution >= 4 is 35.2 Å². The lowest BCUT2D eigenvalue weighted by molar-refractivity contribution is -0.146. The monoisotopic (exact) mass is 329 g/mol. The van der Waals surface area contributed by atoms with E-state index in [0.29, 0.717) is 22.9 Å². The van der Waals surface area contributed by atoms with E-state index in [1.54, 1.807) is 12.1 Å². The van der Waals surface area contributed by atoms with E-state index in [9.17, 15) is 14.7 Å². The van der Waals surface area contributed by atoms with Crippen molar-refractivity contribution in [3.63, 3.8) is 0 Å². The Morgan fingerprint density at radius 2 is 2.29 bits per heavy atom. The molecule has 1 atom stereocenters. The number of thioether (sulfide) groups is 1. The molecule has 21 heavy (non-hydrogen) atoms. The second kappa shape index (κ2) is 6.58. The molecule has 0 bridgehead atoms. The van der Waals surface area contributed by atoms with Crippen LogP contribution < -0.4 is 10.1 Å². The van der Waals surface area contributed by atoms with Crippen LogP contribution >= 0.6 is 23.4 Å². The van der Waals surface area contributed by atoms with Gasteiger partial charge >= 0.3 is 5.97 Å². The quantitative estimate of drug-likeness (QED) is 0.865. The highest BCUT2D eigenvalue weighted by molar-refractivity contribution is 7.99. The second-order valence-electron chi connectivity index (χ2n) is 4.96. The molecular weight excluding hydrogens is 314 g/mol. The molecule has 1 amide bonds. The number of carbonyl (C=O) groups is 2. The third-order valence-corrected chi connectivity index (χ3v) is 4.76. The third kappa shape index (κ3) is 3.83. The van der Waals surface area contributed by atoms with Gasteiger partial charge in [-0.15, -0.1) is 0 Å². The summed E-state index contributed by atoms with van der Waals surface area (Å²) in [4.78, 5) is 23.3. The largest absolute Gasteiger partial charge is 0.482 e. The Labute approximate surface area is 132 Å². The standard InChI is InChI=1S/C14H16ClNO4S/c1-9-2-3-10(15)11(6-9)20-7-12(17)16-14(13(18)19)4-5-21-8-14/h2-3,6H,4-5,7-8H2,1H3,(H,16,17)(H,18,19). The Bertz CT molecular complexity index is 558. The van der Waals surface area contributed by atoms with Crippen molar-refractivity contribution in [2.45, 2.75) is 18.9 Å². The van der Waals surface area contributed by atoms with Gasteiger partial charge in [0.15, 0.2) is 6.61 Å². The normalized spacial score (nSPS) is 21.0. The second-order valence-corrected chi connectivity index (χ2v) is 6.47. The van der Waals surface area contributed by atoms with Gasteiger partial charge in [0.05, 0.1) is 5.02 Å². The van der Waals surface area contributed by atoms with Gasteiger partial charge in [-0.3, -0.25) is 4.79 Å². The summed E-state index contributed by atoms with van der Waals surface area (Å²) in [5.74, 6) is 0.0417. The maximum Gasteiger partial charge on any atom is 0.330 e. The maximum absolute atomic E-state index is 11.9. The van der Waals surface area contributed by atoms with E-state index in [-0.39, 0.29) is 6.61 Å². The van der Waals surface area contributed by atoms with E-state index in [2.05, 4.69) is 5.32 Å². The number of carbonyl (C=O) groups excluding carboxylic acids is 1. The predicted molar refractivity (Wildman–Crippen MR) is 82.1 cm³/mol. The molecule has 1 fully saturated rings. The van der Waals surface area contributed by atoms with Crippen molar-refractivity contribution in [1.82, 2.24) is 5.32 Å². The highest BCUT2D eigenvalue weighted by atomic mass is 35.5. The summed E-state index contributed by atoms with van der Waals surface area (Å²) in [7, 11) is 0. The number of hydrogen-bond acceptors (Lipinski definition) is 4. The first-order valence-electron chi connectivity index (χ1n) is 6.44. The van der Waals surface area contributed by atoms with Gasteiger partial charge in [0.2, 0.25) is 0 Å². The van der Waals surface area contributed by atoms with Crippen LogP contribution in [-0.2, 0) is 9.59 Å². The number of rotatable bonds is 5. The minimum atomic E-state index is -1.18. The lowest BCUT2D eigenvalue weighted by atomic mass is 9.99. The number of carboxylic acid groups (broad SMARTS) is 1. The predicted octanol–water partition coefficient (Wildman–Crippen LogP) is 2.10. The smallest absolute Gasteiger partial charge is 0.330 e. The Hall–Kier alpha value is -1.40. The SMILES string of the molecule is Cc1ccc(Cl)c(OCC(=O)NC2(C(=O)O)CCSC2)c1. The van der Waals surface area contributed by atoms with Gasteiger partial charge in [0, 0.05) is 5.75 Å². The van der Waals surface area contributed by atoms with Gasteiger partial charge in [0.1, 0.15) is 11.3 Å². The molecule has 1 aromatic carbocycles. The van der Waals surface area contributed by atoms with E-state index >= 15 is 0 Å². The van der Waals surface area contributed by atoms with E-state index < -0.39 is 17.4 Å². The number of nitrogens with one attached hydrogen (secondary N) is 1. The topological polar surface area (TPSA) is 75.6 Å². The Morgan fingerprint density at radius 1 is 1.52 bits per heavy atom. The number of ether oxygens (including phenoxy) is 1. The van der Waals surface area contributed by atoms with Crippen molar-refractivity contribution in [2.75, 3.05) is 18.1 Å². The Kier molecular flexibility index (Phi) is 5.00. The lowest BCUT2D eigenvalue weighted by Gasteiger charge is -2.24. The van der Waals surface area contributed by atoms with Crippen LogP contribution in [0.1, 0.15) is 12.0 Å². The van der Waals surface area contributed by atoms with Gasteiger partial charge in [-0.05, 0) is 36.8 Å². The first-order chi connectivity index (χ1) is 9.93. The number of carboxylic acids is 1. The van der Waals surface area contributed by atoms with Crippen LogP contribution in [0.3, 0.4) is 0 Å². The first kappa shape index (κ1) is 16.0. The molecule has 1 unspecified atom stereocenters. The molecule has 1 saturated heterocycles. The molecule has 0 aromatic heterocycles. The minimum Gasteiger partial charge on any atom is -0.482 e. The molecule has 0 aliphatic carbocycles. The molecule has 1 aliphatic heterocycles. The summed E-state index contributed by atoms with van der Waals surface area (Å²) in [6.07, 6.45) is 0.421. The molecule has 2 rings (SSSR count). The number of halogens is 1.